The number of allylic oxidation sites excluding steroid dienone is 1. The van der Waals surface area contributed by atoms with Crippen molar-refractivity contribution >= 4 is 23.4 Å². The molecular weight excluding hydrogens is 439 g/mol. The molecule has 0 radical (unpaired) electrons. The summed E-state index contributed by atoms with van der Waals surface area (Å²) >= 11 is 1.24. The highest BCUT2D eigenvalue weighted by Gasteiger charge is 2.16. The van der Waals surface area contributed by atoms with E-state index in [9.17, 15) is 9.18 Å². The topological polar surface area (TPSA) is 69.0 Å². The number of hydrogen-bond acceptors (Lipinski definition) is 5. The number of benzene rings is 2. The minimum atomic E-state index is -0.454. The van der Waals surface area contributed by atoms with Crippen LogP contribution in [0.4, 0.5) is 10.1 Å². The number of fused-ring (bicyclic) bond motifs is 1. The fourth-order valence-corrected chi connectivity index (χ4v) is 4.60. The molecule has 1 aromatic heterocycles. The minimum absolute atomic E-state index is 0.0777. The Balaban J connectivity index is 1.38. The third-order valence-corrected chi connectivity index (χ3v) is 6.49. The molecule has 0 saturated carbocycles. The van der Waals surface area contributed by atoms with E-state index in [1.54, 1.807) is 25.1 Å². The normalized spacial score (nSPS) is 12.8. The molecule has 4 rings (SSSR count). The zero-order chi connectivity index (χ0) is 23.2. The molecular formula is C25H27FN4O2S. The van der Waals surface area contributed by atoms with Crippen molar-refractivity contribution in [2.45, 2.75) is 50.9 Å². The van der Waals surface area contributed by atoms with E-state index in [0.29, 0.717) is 17.5 Å². The van der Waals surface area contributed by atoms with Crippen molar-refractivity contribution in [2.75, 3.05) is 11.1 Å². The number of ether oxygens (including phenoxy) is 1. The lowest BCUT2D eigenvalue weighted by atomic mass is 9.92. The Morgan fingerprint density at radius 2 is 2.03 bits per heavy atom. The Kier molecular flexibility index (Phi) is 7.44. The summed E-state index contributed by atoms with van der Waals surface area (Å²) in [6, 6.07) is 11.0. The summed E-state index contributed by atoms with van der Waals surface area (Å²) in [6.45, 7) is 6.36. The van der Waals surface area contributed by atoms with Gasteiger partial charge in [-0.05, 0) is 73.6 Å². The zero-order valence-corrected chi connectivity index (χ0v) is 19.5. The summed E-state index contributed by atoms with van der Waals surface area (Å²) in [5.41, 5.74) is 3.73. The monoisotopic (exact) mass is 466 g/mol. The number of rotatable bonds is 9. The van der Waals surface area contributed by atoms with Gasteiger partial charge in [-0.1, -0.05) is 30.0 Å². The molecule has 172 valence electrons. The quantitative estimate of drug-likeness (QED) is 0.351. The van der Waals surface area contributed by atoms with Gasteiger partial charge in [0.1, 0.15) is 18.2 Å². The van der Waals surface area contributed by atoms with Gasteiger partial charge < -0.3 is 10.1 Å². The smallest absolute Gasteiger partial charge is 0.234 e. The molecule has 6 nitrogen and oxygen atoms in total. The van der Waals surface area contributed by atoms with Crippen LogP contribution in [-0.2, 0) is 30.8 Å². The van der Waals surface area contributed by atoms with Crippen LogP contribution in [0.3, 0.4) is 0 Å². The lowest BCUT2D eigenvalue weighted by molar-refractivity contribution is -0.113. The molecule has 1 heterocycles. The molecule has 0 spiro atoms. The first-order valence-corrected chi connectivity index (χ1v) is 12.0. The molecule has 1 N–H and O–H groups in total. The molecule has 1 aliphatic rings. The molecule has 33 heavy (non-hydrogen) atoms. The van der Waals surface area contributed by atoms with E-state index in [2.05, 4.69) is 34.2 Å². The summed E-state index contributed by atoms with van der Waals surface area (Å²) in [7, 11) is 0. The number of nitrogens with one attached hydrogen (secondary N) is 1. The highest BCUT2D eigenvalue weighted by molar-refractivity contribution is 7.99. The van der Waals surface area contributed by atoms with E-state index in [4.69, 9.17) is 4.74 Å². The van der Waals surface area contributed by atoms with Crippen LogP contribution in [-0.4, -0.2) is 26.4 Å². The number of amides is 1. The van der Waals surface area contributed by atoms with Crippen molar-refractivity contribution in [3.05, 3.63) is 77.4 Å². The Bertz CT molecular complexity index is 1160. The van der Waals surface area contributed by atoms with E-state index in [1.165, 1.54) is 41.8 Å². The van der Waals surface area contributed by atoms with Gasteiger partial charge in [-0.2, -0.15) is 0 Å². The van der Waals surface area contributed by atoms with Gasteiger partial charge >= 0.3 is 0 Å². The first-order chi connectivity index (χ1) is 16.0. The van der Waals surface area contributed by atoms with E-state index >= 15 is 0 Å². The Morgan fingerprint density at radius 1 is 1.21 bits per heavy atom. The number of thioether (sulfide) groups is 1. The van der Waals surface area contributed by atoms with Crippen LogP contribution in [0.1, 0.15) is 35.4 Å². The van der Waals surface area contributed by atoms with E-state index < -0.39 is 5.82 Å². The maximum atomic E-state index is 14.0. The van der Waals surface area contributed by atoms with Crippen LogP contribution in [0.15, 0.2) is 54.2 Å². The van der Waals surface area contributed by atoms with Crippen LogP contribution in [0.5, 0.6) is 5.75 Å². The van der Waals surface area contributed by atoms with Crippen LogP contribution in [0.2, 0.25) is 0 Å². The average molecular weight is 467 g/mol. The number of carbonyl (C=O) groups excluding carboxylic acids is 1. The second-order valence-corrected chi connectivity index (χ2v) is 8.99. The third-order valence-electron chi connectivity index (χ3n) is 5.52. The maximum absolute atomic E-state index is 14.0. The van der Waals surface area contributed by atoms with E-state index in [1.807, 2.05) is 10.6 Å². The van der Waals surface area contributed by atoms with Crippen molar-refractivity contribution < 1.29 is 13.9 Å². The van der Waals surface area contributed by atoms with Gasteiger partial charge in [0.2, 0.25) is 5.91 Å². The summed E-state index contributed by atoms with van der Waals surface area (Å²) in [6.07, 6.45) is 6.44. The molecule has 0 bridgehead atoms. The van der Waals surface area contributed by atoms with Gasteiger partial charge in [0.25, 0.3) is 0 Å². The van der Waals surface area contributed by atoms with Crippen molar-refractivity contribution in [3.8, 4) is 5.75 Å². The SMILES string of the molecule is C=CCn1c(COc2ccc3c(c2)CCCC3)nnc1SCC(=O)Nc1ccc(C)cc1F. The van der Waals surface area contributed by atoms with Crippen molar-refractivity contribution in [1.29, 1.82) is 0 Å². The van der Waals surface area contributed by atoms with Crippen LogP contribution in [0.25, 0.3) is 0 Å². The van der Waals surface area contributed by atoms with Gasteiger partial charge in [0.05, 0.1) is 11.4 Å². The number of halogens is 1. The number of anilines is 1. The summed E-state index contributed by atoms with van der Waals surface area (Å²) < 4.78 is 21.9. The molecule has 0 aliphatic heterocycles. The number of hydrogen-bond donors (Lipinski definition) is 1. The molecule has 0 fully saturated rings. The molecule has 8 heteroatoms. The molecule has 1 amide bonds. The van der Waals surface area contributed by atoms with Crippen molar-refractivity contribution in [1.82, 2.24) is 14.8 Å². The zero-order valence-electron chi connectivity index (χ0n) is 18.6. The number of carbonyl (C=O) groups is 1. The predicted octanol–water partition coefficient (Wildman–Crippen LogP) is 5.10. The maximum Gasteiger partial charge on any atom is 0.234 e. The minimum Gasteiger partial charge on any atom is -0.486 e. The number of nitrogens with zero attached hydrogens (tertiary/aromatic N) is 3. The fourth-order valence-electron chi connectivity index (χ4n) is 3.83. The van der Waals surface area contributed by atoms with Gasteiger partial charge in [-0.25, -0.2) is 4.39 Å². The first kappa shape index (κ1) is 23.0. The lowest BCUT2D eigenvalue weighted by Gasteiger charge is -2.16. The standard InChI is InChI=1S/C25H27FN4O2S/c1-3-12-30-23(15-32-20-10-9-18-6-4-5-7-19(18)14-20)28-29-25(30)33-16-24(31)27-22-11-8-17(2)13-21(22)26/h3,8-11,13-14H,1,4-7,12,15-16H2,2H3,(H,27,31). The Morgan fingerprint density at radius 3 is 2.82 bits per heavy atom. The van der Waals surface area contributed by atoms with Gasteiger partial charge in [-0.3, -0.25) is 9.36 Å². The average Bonchev–Trinajstić information content (AvgIpc) is 3.20. The molecule has 0 saturated heterocycles. The van der Waals surface area contributed by atoms with E-state index in [-0.39, 0.29) is 24.0 Å². The number of aryl methyl sites for hydroxylation is 3. The van der Waals surface area contributed by atoms with Crippen LogP contribution >= 0.6 is 11.8 Å². The summed E-state index contributed by atoms with van der Waals surface area (Å²) in [4.78, 5) is 12.3. The molecule has 0 atom stereocenters. The molecule has 3 aromatic rings. The second-order valence-electron chi connectivity index (χ2n) is 8.04. The predicted molar refractivity (Wildman–Crippen MR) is 128 cm³/mol. The van der Waals surface area contributed by atoms with Crippen molar-refractivity contribution in [3.63, 3.8) is 0 Å². The Hall–Kier alpha value is -3.13. The Labute approximate surface area is 197 Å². The lowest BCUT2D eigenvalue weighted by Crippen LogP contribution is -2.16. The summed E-state index contributed by atoms with van der Waals surface area (Å²) in [5, 5.41) is 11.7. The molecule has 0 unspecified atom stereocenters. The van der Waals surface area contributed by atoms with Gasteiger partial charge in [-0.15, -0.1) is 16.8 Å². The van der Waals surface area contributed by atoms with E-state index in [0.717, 1.165) is 24.2 Å². The highest BCUT2D eigenvalue weighted by atomic mass is 32.2. The largest absolute Gasteiger partial charge is 0.486 e. The van der Waals surface area contributed by atoms with Crippen molar-refractivity contribution in [2.24, 2.45) is 0 Å². The summed E-state index contributed by atoms with van der Waals surface area (Å²) in [5.74, 6) is 0.777. The highest BCUT2D eigenvalue weighted by Crippen LogP contribution is 2.26. The van der Waals surface area contributed by atoms with Gasteiger partial charge in [0, 0.05) is 6.54 Å². The van der Waals surface area contributed by atoms with Crippen LogP contribution in [0, 0.1) is 12.7 Å². The third kappa shape index (κ3) is 5.82. The van der Waals surface area contributed by atoms with Gasteiger partial charge in [0.15, 0.2) is 11.0 Å². The molecule has 1 aliphatic carbocycles. The number of aromatic nitrogens is 3. The van der Waals surface area contributed by atoms with Crippen LogP contribution < -0.4 is 10.1 Å². The second kappa shape index (κ2) is 10.7. The molecule has 2 aromatic carbocycles. The fraction of sp³-hybridized carbons (Fsp3) is 0.320. The first-order valence-electron chi connectivity index (χ1n) is 11.0.